The molecule has 0 aliphatic heterocycles. The van der Waals surface area contributed by atoms with Crippen LogP contribution < -0.4 is 5.14 Å². The van der Waals surface area contributed by atoms with Crippen LogP contribution in [-0.4, -0.2) is 32.8 Å². The molecule has 1 rings (SSSR count). The molecule has 0 radical (unpaired) electrons. The highest BCUT2D eigenvalue weighted by atomic mass is 32.2. The number of halogens is 2. The van der Waals surface area contributed by atoms with Crippen LogP contribution in [0.4, 0.5) is 8.78 Å². The third kappa shape index (κ3) is 4.21. The van der Waals surface area contributed by atoms with Crippen molar-refractivity contribution in [1.82, 2.24) is 4.90 Å². The van der Waals surface area contributed by atoms with Gasteiger partial charge in [-0.3, -0.25) is 4.79 Å². The van der Waals surface area contributed by atoms with E-state index < -0.39 is 38.0 Å². The molecule has 0 spiro atoms. The van der Waals surface area contributed by atoms with Gasteiger partial charge in [0, 0.05) is 19.7 Å². The predicted octanol–water partition coefficient (Wildman–Crippen LogP) is 1.73. The van der Waals surface area contributed by atoms with Crippen molar-refractivity contribution in [2.24, 2.45) is 11.1 Å². The minimum absolute atomic E-state index is 0.195. The van der Waals surface area contributed by atoms with Gasteiger partial charge < -0.3 is 4.90 Å². The van der Waals surface area contributed by atoms with E-state index in [4.69, 9.17) is 5.14 Å². The zero-order chi connectivity index (χ0) is 16.4. The summed E-state index contributed by atoms with van der Waals surface area (Å²) in [7, 11) is -2.91. The van der Waals surface area contributed by atoms with Gasteiger partial charge in [0.05, 0.1) is 5.56 Å². The fourth-order valence-corrected chi connectivity index (χ4v) is 2.41. The number of nitrogens with two attached hydrogens (primary N) is 1. The number of rotatable bonds is 5. The average molecular weight is 320 g/mol. The summed E-state index contributed by atoms with van der Waals surface area (Å²) < 4.78 is 49.6. The molecule has 0 aliphatic rings. The highest BCUT2D eigenvalue weighted by Crippen LogP contribution is 2.20. The summed E-state index contributed by atoms with van der Waals surface area (Å²) in [5.41, 5.74) is -0.522. The van der Waals surface area contributed by atoms with E-state index in [2.05, 4.69) is 0 Å². The van der Waals surface area contributed by atoms with Gasteiger partial charge in [0.2, 0.25) is 10.0 Å². The molecule has 1 amide bonds. The Morgan fingerprint density at radius 2 is 1.90 bits per heavy atom. The van der Waals surface area contributed by atoms with Gasteiger partial charge in [0.1, 0.15) is 16.5 Å². The molecule has 1 unspecified atom stereocenters. The number of hydrogen-bond donors (Lipinski definition) is 1. The van der Waals surface area contributed by atoms with Crippen LogP contribution in [-0.2, 0) is 10.0 Å². The van der Waals surface area contributed by atoms with E-state index in [1.54, 1.807) is 0 Å². The molecular weight excluding hydrogens is 302 g/mol. The number of primary sulfonamides is 1. The van der Waals surface area contributed by atoms with Crippen LogP contribution in [0.15, 0.2) is 17.0 Å². The highest BCUT2D eigenvalue weighted by Gasteiger charge is 2.24. The van der Waals surface area contributed by atoms with Gasteiger partial charge >= 0.3 is 0 Å². The molecule has 118 valence electrons. The van der Waals surface area contributed by atoms with Gasteiger partial charge in [-0.15, -0.1) is 0 Å². The molecule has 0 saturated carbocycles. The van der Waals surface area contributed by atoms with Crippen molar-refractivity contribution in [3.63, 3.8) is 0 Å². The summed E-state index contributed by atoms with van der Waals surface area (Å²) in [5, 5.41) is 4.84. The Bertz CT molecular complexity index is 647. The van der Waals surface area contributed by atoms with E-state index in [1.807, 2.05) is 13.8 Å². The molecule has 1 aromatic carbocycles. The predicted molar refractivity (Wildman–Crippen MR) is 74.1 cm³/mol. The van der Waals surface area contributed by atoms with Gasteiger partial charge in [-0.05, 0) is 12.0 Å². The Labute approximate surface area is 122 Å². The molecule has 0 fully saturated rings. The Balaban J connectivity index is 3.22. The topological polar surface area (TPSA) is 80.5 Å². The highest BCUT2D eigenvalue weighted by molar-refractivity contribution is 7.89. The molecular formula is C13H18F2N2O3S. The fraction of sp³-hybridized carbons (Fsp3) is 0.462. The first-order valence-electron chi connectivity index (χ1n) is 6.35. The summed E-state index contributed by atoms with van der Waals surface area (Å²) in [6, 6.07) is 0.986. The zero-order valence-electron chi connectivity index (χ0n) is 12.1. The van der Waals surface area contributed by atoms with Crippen LogP contribution in [0.2, 0.25) is 0 Å². The zero-order valence-corrected chi connectivity index (χ0v) is 12.9. The van der Waals surface area contributed by atoms with Crippen molar-refractivity contribution in [2.75, 3.05) is 13.6 Å². The lowest BCUT2D eigenvalue weighted by Gasteiger charge is -2.21. The normalized spacial score (nSPS) is 13.0. The summed E-state index contributed by atoms with van der Waals surface area (Å²) in [6.07, 6.45) is 0.825. The number of sulfonamides is 1. The van der Waals surface area contributed by atoms with Gasteiger partial charge in [0.15, 0.2) is 0 Å². The Hall–Kier alpha value is -1.54. The van der Waals surface area contributed by atoms with E-state index >= 15 is 0 Å². The number of nitrogens with zero attached hydrogens (tertiary/aromatic N) is 1. The van der Waals surface area contributed by atoms with Crippen molar-refractivity contribution < 1.29 is 22.0 Å². The van der Waals surface area contributed by atoms with E-state index in [-0.39, 0.29) is 5.92 Å². The summed E-state index contributed by atoms with van der Waals surface area (Å²) in [4.78, 5) is 12.5. The maximum atomic E-state index is 13.7. The second kappa shape index (κ2) is 6.48. The lowest BCUT2D eigenvalue weighted by atomic mass is 10.1. The summed E-state index contributed by atoms with van der Waals surface area (Å²) in [6.45, 7) is 4.23. The molecule has 0 saturated heterocycles. The Morgan fingerprint density at radius 1 is 1.33 bits per heavy atom. The third-order valence-corrected chi connectivity index (χ3v) is 4.11. The Kier molecular flexibility index (Phi) is 5.41. The van der Waals surface area contributed by atoms with Crippen LogP contribution in [0.1, 0.15) is 30.6 Å². The van der Waals surface area contributed by atoms with Gasteiger partial charge in [-0.2, -0.15) is 0 Å². The van der Waals surface area contributed by atoms with Crippen LogP contribution in [0, 0.1) is 17.6 Å². The van der Waals surface area contributed by atoms with Crippen LogP contribution in [0.3, 0.4) is 0 Å². The number of amides is 1. The molecule has 2 N–H and O–H groups in total. The molecule has 21 heavy (non-hydrogen) atoms. The Morgan fingerprint density at radius 3 is 2.38 bits per heavy atom. The minimum Gasteiger partial charge on any atom is -0.341 e. The second-order valence-electron chi connectivity index (χ2n) is 5.01. The van der Waals surface area contributed by atoms with E-state index in [9.17, 15) is 22.0 Å². The van der Waals surface area contributed by atoms with Crippen molar-refractivity contribution in [3.05, 3.63) is 29.3 Å². The van der Waals surface area contributed by atoms with Crippen LogP contribution >= 0.6 is 0 Å². The lowest BCUT2D eigenvalue weighted by molar-refractivity contribution is 0.0770. The van der Waals surface area contributed by atoms with E-state index in [1.165, 1.54) is 11.9 Å². The van der Waals surface area contributed by atoms with Gasteiger partial charge in [-0.25, -0.2) is 22.3 Å². The van der Waals surface area contributed by atoms with E-state index in [0.717, 1.165) is 6.42 Å². The quantitative estimate of drug-likeness (QED) is 0.897. The monoisotopic (exact) mass is 320 g/mol. The molecule has 8 heteroatoms. The van der Waals surface area contributed by atoms with Crippen molar-refractivity contribution in [1.29, 1.82) is 0 Å². The smallest absolute Gasteiger partial charge is 0.256 e. The maximum Gasteiger partial charge on any atom is 0.256 e. The SMILES string of the molecule is CCC(C)CN(C)C(=O)c1cc(S(N)(=O)=O)c(F)cc1F. The number of benzene rings is 1. The van der Waals surface area contributed by atoms with Crippen molar-refractivity contribution >= 4 is 15.9 Å². The molecule has 1 atom stereocenters. The van der Waals surface area contributed by atoms with Crippen molar-refractivity contribution in [3.8, 4) is 0 Å². The fourth-order valence-electron chi connectivity index (χ4n) is 1.80. The van der Waals surface area contributed by atoms with E-state index in [0.29, 0.717) is 18.7 Å². The molecule has 0 heterocycles. The molecule has 5 nitrogen and oxygen atoms in total. The first-order valence-corrected chi connectivity index (χ1v) is 7.89. The van der Waals surface area contributed by atoms with Crippen LogP contribution in [0.25, 0.3) is 0 Å². The molecule has 0 aromatic heterocycles. The number of carbonyl (C=O) groups excluding carboxylic acids is 1. The standard InChI is InChI=1S/C13H18F2N2O3S/c1-4-8(2)7-17(3)13(18)9-5-12(21(16,19)20)11(15)6-10(9)14/h5-6,8H,4,7H2,1-3H3,(H2,16,19,20). The number of hydrogen-bond acceptors (Lipinski definition) is 3. The van der Waals surface area contributed by atoms with Crippen molar-refractivity contribution in [2.45, 2.75) is 25.2 Å². The molecule has 1 aromatic rings. The third-order valence-electron chi connectivity index (χ3n) is 3.19. The summed E-state index contributed by atoms with van der Waals surface area (Å²) in [5.74, 6) is -2.98. The largest absolute Gasteiger partial charge is 0.341 e. The van der Waals surface area contributed by atoms with Gasteiger partial charge in [-0.1, -0.05) is 20.3 Å². The van der Waals surface area contributed by atoms with Gasteiger partial charge in [0.25, 0.3) is 5.91 Å². The molecule has 0 aliphatic carbocycles. The first-order chi connectivity index (χ1) is 9.57. The number of carbonyl (C=O) groups is 1. The molecule has 0 bridgehead atoms. The lowest BCUT2D eigenvalue weighted by Crippen LogP contribution is -2.32. The minimum atomic E-state index is -4.37. The van der Waals surface area contributed by atoms with Crippen LogP contribution in [0.5, 0.6) is 0 Å². The second-order valence-corrected chi connectivity index (χ2v) is 6.54. The first kappa shape index (κ1) is 17.5. The summed E-state index contributed by atoms with van der Waals surface area (Å²) >= 11 is 0. The maximum absolute atomic E-state index is 13.7. The average Bonchev–Trinajstić information content (AvgIpc) is 2.36.